The SMILES string of the molecule is CC(C)(CO)CCCCC(CCCCC(C)(C)CO)OCO. The van der Waals surface area contributed by atoms with Crippen LogP contribution >= 0.6 is 0 Å². The molecule has 0 unspecified atom stereocenters. The Hall–Kier alpha value is -0.160. The van der Waals surface area contributed by atoms with Gasteiger partial charge in [0.15, 0.2) is 0 Å². The van der Waals surface area contributed by atoms with E-state index in [1.165, 1.54) is 0 Å². The van der Waals surface area contributed by atoms with Crippen molar-refractivity contribution in [3.8, 4) is 0 Å². The minimum Gasteiger partial charge on any atom is -0.396 e. The molecule has 0 amide bonds. The summed E-state index contributed by atoms with van der Waals surface area (Å²) in [6.45, 7) is 8.56. The van der Waals surface area contributed by atoms with Crippen molar-refractivity contribution in [3.05, 3.63) is 0 Å². The summed E-state index contributed by atoms with van der Waals surface area (Å²) in [5.74, 6) is 0. The molecule has 0 aromatic carbocycles. The summed E-state index contributed by atoms with van der Waals surface area (Å²) in [7, 11) is 0. The Kier molecular flexibility index (Phi) is 11.3. The molecule has 22 heavy (non-hydrogen) atoms. The lowest BCUT2D eigenvalue weighted by Crippen LogP contribution is -2.18. The standard InChI is InChI=1S/C18H38O4/c1-17(2,13-19)11-7-5-9-16(22-15-21)10-6-8-12-18(3,4)14-20/h16,19-21H,5-15H2,1-4H3. The first-order chi connectivity index (χ1) is 10.3. The monoisotopic (exact) mass is 318 g/mol. The van der Waals surface area contributed by atoms with Gasteiger partial charge in [0.1, 0.15) is 6.79 Å². The number of rotatable bonds is 14. The van der Waals surface area contributed by atoms with Gasteiger partial charge >= 0.3 is 0 Å². The van der Waals surface area contributed by atoms with Gasteiger partial charge in [-0.25, -0.2) is 0 Å². The van der Waals surface area contributed by atoms with Crippen LogP contribution in [-0.4, -0.2) is 41.4 Å². The molecule has 0 aromatic rings. The molecular formula is C18H38O4. The summed E-state index contributed by atoms with van der Waals surface area (Å²) >= 11 is 0. The quantitative estimate of drug-likeness (QED) is 0.339. The fourth-order valence-corrected chi connectivity index (χ4v) is 2.53. The van der Waals surface area contributed by atoms with E-state index in [9.17, 15) is 10.2 Å². The normalized spacial score (nSPS) is 13.1. The Bertz CT molecular complexity index is 240. The number of aliphatic hydroxyl groups is 3. The van der Waals surface area contributed by atoms with E-state index in [0.29, 0.717) is 0 Å². The van der Waals surface area contributed by atoms with Gasteiger partial charge in [0.2, 0.25) is 0 Å². The number of aliphatic hydroxyl groups excluding tert-OH is 3. The molecule has 4 nitrogen and oxygen atoms in total. The molecule has 134 valence electrons. The van der Waals surface area contributed by atoms with Crippen molar-refractivity contribution in [2.75, 3.05) is 20.0 Å². The molecule has 4 heteroatoms. The van der Waals surface area contributed by atoms with Crippen molar-refractivity contribution < 1.29 is 20.1 Å². The van der Waals surface area contributed by atoms with Crippen LogP contribution in [0.5, 0.6) is 0 Å². The van der Waals surface area contributed by atoms with Crippen LogP contribution in [0, 0.1) is 10.8 Å². The van der Waals surface area contributed by atoms with Crippen molar-refractivity contribution in [2.45, 2.75) is 85.2 Å². The third-order valence-corrected chi connectivity index (χ3v) is 4.43. The minimum atomic E-state index is -0.213. The van der Waals surface area contributed by atoms with Gasteiger partial charge in [0, 0.05) is 13.2 Å². The van der Waals surface area contributed by atoms with Crippen LogP contribution in [0.2, 0.25) is 0 Å². The summed E-state index contributed by atoms with van der Waals surface area (Å²) in [5.41, 5.74) is 0.00637. The van der Waals surface area contributed by atoms with E-state index in [4.69, 9.17) is 9.84 Å². The molecule has 0 radical (unpaired) electrons. The van der Waals surface area contributed by atoms with E-state index in [1.807, 2.05) is 0 Å². The smallest absolute Gasteiger partial charge is 0.143 e. The van der Waals surface area contributed by atoms with Crippen LogP contribution in [0.3, 0.4) is 0 Å². The maximum absolute atomic E-state index is 9.24. The number of hydrogen-bond acceptors (Lipinski definition) is 4. The van der Waals surface area contributed by atoms with Crippen LogP contribution < -0.4 is 0 Å². The fraction of sp³-hybridized carbons (Fsp3) is 1.00. The van der Waals surface area contributed by atoms with Crippen LogP contribution in [0.25, 0.3) is 0 Å². The first kappa shape index (κ1) is 21.8. The average molecular weight is 318 g/mol. The Balaban J connectivity index is 3.87. The van der Waals surface area contributed by atoms with Crippen molar-refractivity contribution in [2.24, 2.45) is 10.8 Å². The lowest BCUT2D eigenvalue weighted by atomic mass is 9.87. The predicted molar refractivity (Wildman–Crippen MR) is 90.6 cm³/mol. The van der Waals surface area contributed by atoms with Gasteiger partial charge in [0.05, 0.1) is 6.10 Å². The molecule has 0 spiro atoms. The minimum absolute atomic E-state index is 0.00318. The van der Waals surface area contributed by atoms with E-state index < -0.39 is 0 Å². The highest BCUT2D eigenvalue weighted by atomic mass is 16.6. The summed E-state index contributed by atoms with van der Waals surface area (Å²) in [6.07, 6.45) is 8.37. The summed E-state index contributed by atoms with van der Waals surface area (Å²) in [4.78, 5) is 0. The molecule has 0 aliphatic heterocycles. The molecule has 0 rings (SSSR count). The van der Waals surface area contributed by atoms with Crippen molar-refractivity contribution in [1.82, 2.24) is 0 Å². The zero-order valence-corrected chi connectivity index (χ0v) is 15.1. The lowest BCUT2D eigenvalue weighted by molar-refractivity contribution is -0.0576. The van der Waals surface area contributed by atoms with E-state index in [-0.39, 0.29) is 36.9 Å². The molecular weight excluding hydrogens is 280 g/mol. The van der Waals surface area contributed by atoms with E-state index in [1.54, 1.807) is 0 Å². The molecule has 3 N–H and O–H groups in total. The molecule has 0 atom stereocenters. The Labute approximate surface area is 136 Å². The average Bonchev–Trinajstić information content (AvgIpc) is 2.47. The zero-order valence-electron chi connectivity index (χ0n) is 15.1. The van der Waals surface area contributed by atoms with Crippen molar-refractivity contribution in [1.29, 1.82) is 0 Å². The zero-order chi connectivity index (χ0) is 17.1. The van der Waals surface area contributed by atoms with Gasteiger partial charge in [-0.05, 0) is 36.5 Å². The maximum Gasteiger partial charge on any atom is 0.143 e. The molecule has 0 aliphatic carbocycles. The number of unbranched alkanes of at least 4 members (excludes halogenated alkanes) is 2. The molecule has 0 heterocycles. The topological polar surface area (TPSA) is 69.9 Å². The molecule has 0 saturated heterocycles. The fourth-order valence-electron chi connectivity index (χ4n) is 2.53. The van der Waals surface area contributed by atoms with E-state index >= 15 is 0 Å². The lowest BCUT2D eigenvalue weighted by Gasteiger charge is -2.23. The van der Waals surface area contributed by atoms with Gasteiger partial charge < -0.3 is 20.1 Å². The highest BCUT2D eigenvalue weighted by Crippen LogP contribution is 2.25. The summed E-state index contributed by atoms with van der Waals surface area (Å²) in [6, 6.07) is 0. The molecule has 0 aliphatic rings. The largest absolute Gasteiger partial charge is 0.396 e. The van der Waals surface area contributed by atoms with E-state index in [2.05, 4.69) is 27.7 Å². The van der Waals surface area contributed by atoms with Crippen molar-refractivity contribution >= 4 is 0 Å². The van der Waals surface area contributed by atoms with Gasteiger partial charge in [-0.15, -0.1) is 0 Å². The number of ether oxygens (including phenoxy) is 1. The highest BCUT2D eigenvalue weighted by Gasteiger charge is 2.18. The molecule has 0 saturated carbocycles. The van der Waals surface area contributed by atoms with Crippen LogP contribution in [0.4, 0.5) is 0 Å². The van der Waals surface area contributed by atoms with Gasteiger partial charge in [-0.1, -0.05) is 53.4 Å². The first-order valence-electron chi connectivity index (χ1n) is 8.70. The summed E-state index contributed by atoms with van der Waals surface area (Å²) < 4.78 is 5.42. The van der Waals surface area contributed by atoms with Gasteiger partial charge in [0.25, 0.3) is 0 Å². The summed E-state index contributed by atoms with van der Waals surface area (Å²) in [5, 5.41) is 27.5. The second kappa shape index (κ2) is 11.4. The number of hydrogen-bond donors (Lipinski definition) is 3. The molecule has 0 bridgehead atoms. The van der Waals surface area contributed by atoms with Crippen LogP contribution in [-0.2, 0) is 4.74 Å². The van der Waals surface area contributed by atoms with Crippen LogP contribution in [0.1, 0.15) is 79.1 Å². The Morgan fingerprint density at radius 1 is 0.727 bits per heavy atom. The maximum atomic E-state index is 9.24. The Morgan fingerprint density at radius 2 is 1.14 bits per heavy atom. The van der Waals surface area contributed by atoms with E-state index in [0.717, 1.165) is 51.4 Å². The molecule has 0 aromatic heterocycles. The van der Waals surface area contributed by atoms with Gasteiger partial charge in [-0.2, -0.15) is 0 Å². The predicted octanol–water partition coefficient (Wildman–Crippen LogP) is 3.48. The van der Waals surface area contributed by atoms with Crippen molar-refractivity contribution in [3.63, 3.8) is 0 Å². The third kappa shape index (κ3) is 11.4. The van der Waals surface area contributed by atoms with Crippen LogP contribution in [0.15, 0.2) is 0 Å². The highest BCUT2D eigenvalue weighted by molar-refractivity contribution is 4.69. The third-order valence-electron chi connectivity index (χ3n) is 4.43. The molecule has 0 fully saturated rings. The first-order valence-corrected chi connectivity index (χ1v) is 8.70. The van der Waals surface area contributed by atoms with Gasteiger partial charge in [-0.3, -0.25) is 0 Å². The second-order valence-electron chi connectivity index (χ2n) is 8.05. The Morgan fingerprint density at radius 3 is 1.45 bits per heavy atom. The second-order valence-corrected chi connectivity index (χ2v) is 8.05.